The Bertz CT molecular complexity index is 518. The van der Waals surface area contributed by atoms with Crippen LogP contribution in [0.4, 0.5) is 0 Å². The molecule has 0 aromatic heterocycles. The van der Waals surface area contributed by atoms with E-state index < -0.39 is 0 Å². The molecule has 0 atom stereocenters. The zero-order chi connectivity index (χ0) is 13.1. The van der Waals surface area contributed by atoms with Gasteiger partial charge in [-0.1, -0.05) is 32.1 Å². The van der Waals surface area contributed by atoms with Gasteiger partial charge in [-0.05, 0) is 24.1 Å². The van der Waals surface area contributed by atoms with Crippen LogP contribution in [0.1, 0.15) is 40.5 Å². The van der Waals surface area contributed by atoms with E-state index in [1.54, 1.807) is 24.3 Å². The molecule has 0 saturated heterocycles. The van der Waals surface area contributed by atoms with E-state index in [2.05, 4.69) is 12.3 Å². The first-order valence-electron chi connectivity index (χ1n) is 6.02. The lowest BCUT2D eigenvalue weighted by Gasteiger charge is -2.14. The Hall–Kier alpha value is -2.12. The maximum absolute atomic E-state index is 12.1. The molecule has 0 unspecified atom stereocenters. The van der Waals surface area contributed by atoms with Crippen LogP contribution in [0.15, 0.2) is 42.1 Å². The van der Waals surface area contributed by atoms with Crippen molar-refractivity contribution < 1.29 is 9.59 Å². The molecule has 92 valence electrons. The Morgan fingerprint density at radius 1 is 1.22 bits per heavy atom. The number of hydrogen-bond acceptors (Lipinski definition) is 2. The van der Waals surface area contributed by atoms with Gasteiger partial charge in [0.25, 0.3) is 11.8 Å². The molecule has 1 aliphatic rings. The van der Waals surface area contributed by atoms with Crippen LogP contribution < -0.4 is 0 Å². The summed E-state index contributed by atoms with van der Waals surface area (Å²) in [5, 5.41) is 0. The van der Waals surface area contributed by atoms with E-state index in [9.17, 15) is 9.59 Å². The van der Waals surface area contributed by atoms with Crippen LogP contribution in [0, 0.1) is 0 Å². The molecule has 1 aliphatic heterocycles. The number of benzene rings is 1. The molecule has 0 radical (unpaired) electrons. The average Bonchev–Trinajstić information content (AvgIpc) is 2.64. The summed E-state index contributed by atoms with van der Waals surface area (Å²) in [5.74, 6) is -0.445. The van der Waals surface area contributed by atoms with Crippen molar-refractivity contribution in [1.82, 2.24) is 4.90 Å². The average molecular weight is 241 g/mol. The molecule has 0 fully saturated rings. The zero-order valence-electron chi connectivity index (χ0n) is 10.4. The number of nitrogens with zero attached hydrogens (tertiary/aromatic N) is 1. The van der Waals surface area contributed by atoms with Gasteiger partial charge >= 0.3 is 0 Å². The number of carbonyl (C=O) groups is 2. The van der Waals surface area contributed by atoms with E-state index in [0.29, 0.717) is 17.7 Å². The molecule has 0 bridgehead atoms. The smallest absolute Gasteiger partial charge is 0.261 e. The predicted molar refractivity (Wildman–Crippen MR) is 69.4 cm³/mol. The van der Waals surface area contributed by atoms with Gasteiger partial charge in [0.15, 0.2) is 0 Å². The van der Waals surface area contributed by atoms with Crippen LogP contribution in [0.3, 0.4) is 0 Å². The van der Waals surface area contributed by atoms with E-state index >= 15 is 0 Å². The number of carbonyl (C=O) groups excluding carboxylic acids is 2. The van der Waals surface area contributed by atoms with Gasteiger partial charge in [-0.3, -0.25) is 14.5 Å². The lowest BCUT2D eigenvalue weighted by molar-refractivity contribution is 0.0667. The summed E-state index contributed by atoms with van der Waals surface area (Å²) in [6.45, 7) is 5.95. The van der Waals surface area contributed by atoms with E-state index in [1.165, 1.54) is 4.90 Å². The second-order valence-electron chi connectivity index (χ2n) is 4.27. The molecule has 1 heterocycles. The molecular weight excluding hydrogens is 226 g/mol. The maximum Gasteiger partial charge on any atom is 0.261 e. The molecule has 2 rings (SSSR count). The van der Waals surface area contributed by atoms with Gasteiger partial charge in [0.2, 0.25) is 0 Å². The topological polar surface area (TPSA) is 37.4 Å². The third-order valence-electron chi connectivity index (χ3n) is 3.03. The van der Waals surface area contributed by atoms with Crippen LogP contribution >= 0.6 is 0 Å². The highest BCUT2D eigenvalue weighted by Crippen LogP contribution is 2.23. The van der Waals surface area contributed by atoms with E-state index in [0.717, 1.165) is 18.4 Å². The van der Waals surface area contributed by atoms with Gasteiger partial charge in [-0.2, -0.15) is 0 Å². The first-order valence-corrected chi connectivity index (χ1v) is 6.02. The Labute approximate surface area is 106 Å². The molecule has 3 heteroatoms. The van der Waals surface area contributed by atoms with Crippen molar-refractivity contribution in [1.29, 1.82) is 0 Å². The summed E-state index contributed by atoms with van der Waals surface area (Å²) >= 11 is 0. The minimum atomic E-state index is -0.223. The Kier molecular flexibility index (Phi) is 3.45. The van der Waals surface area contributed by atoms with E-state index in [-0.39, 0.29) is 11.8 Å². The summed E-state index contributed by atoms with van der Waals surface area (Å²) in [6.07, 6.45) is 1.75. The summed E-state index contributed by atoms with van der Waals surface area (Å²) in [4.78, 5) is 25.5. The minimum Gasteiger partial charge on any atom is -0.270 e. The standard InChI is InChI=1S/C15H15NO2/c1-3-7-11(4-2)10-16-14(17)12-8-5-6-9-13(12)15(16)18/h5-6,8-9H,2-3,7,10H2,1H3. The molecule has 3 nitrogen and oxygen atoms in total. The number of hydrogen-bond donors (Lipinski definition) is 0. The lowest BCUT2D eigenvalue weighted by atomic mass is 10.1. The largest absolute Gasteiger partial charge is 0.270 e. The van der Waals surface area contributed by atoms with Crippen molar-refractivity contribution in [3.8, 4) is 0 Å². The quantitative estimate of drug-likeness (QED) is 0.600. The number of fused-ring (bicyclic) bond motifs is 1. The van der Waals surface area contributed by atoms with Crippen molar-refractivity contribution in [3.63, 3.8) is 0 Å². The second-order valence-corrected chi connectivity index (χ2v) is 4.27. The fourth-order valence-electron chi connectivity index (χ4n) is 2.10. The van der Waals surface area contributed by atoms with Crippen LogP contribution in [0.25, 0.3) is 0 Å². The molecule has 0 saturated carbocycles. The van der Waals surface area contributed by atoms with Crippen LogP contribution in [-0.4, -0.2) is 23.3 Å². The van der Waals surface area contributed by atoms with Gasteiger partial charge in [0, 0.05) is 0 Å². The molecule has 1 aromatic rings. The Balaban J connectivity index is 2.26. The third-order valence-corrected chi connectivity index (χ3v) is 3.03. The van der Waals surface area contributed by atoms with Crippen molar-refractivity contribution >= 4 is 11.8 Å². The highest BCUT2D eigenvalue weighted by atomic mass is 16.2. The van der Waals surface area contributed by atoms with Crippen molar-refractivity contribution in [3.05, 3.63) is 53.3 Å². The monoisotopic (exact) mass is 241 g/mol. The summed E-state index contributed by atoms with van der Waals surface area (Å²) < 4.78 is 0. The highest BCUT2D eigenvalue weighted by Gasteiger charge is 2.35. The van der Waals surface area contributed by atoms with Crippen molar-refractivity contribution in [2.75, 3.05) is 6.54 Å². The predicted octanol–water partition coefficient (Wildman–Crippen LogP) is 2.79. The van der Waals surface area contributed by atoms with Crippen LogP contribution in [0.5, 0.6) is 0 Å². The molecule has 0 aliphatic carbocycles. The van der Waals surface area contributed by atoms with Crippen molar-refractivity contribution in [2.24, 2.45) is 0 Å². The van der Waals surface area contributed by atoms with Crippen LogP contribution in [-0.2, 0) is 0 Å². The molecule has 1 aromatic carbocycles. The normalized spacial score (nSPS) is 13.5. The molecule has 0 N–H and O–H groups in total. The highest BCUT2D eigenvalue weighted by molar-refractivity contribution is 6.21. The van der Waals surface area contributed by atoms with Gasteiger partial charge < -0.3 is 0 Å². The second kappa shape index (κ2) is 5.03. The number of rotatable bonds is 4. The van der Waals surface area contributed by atoms with Crippen LogP contribution in [0.2, 0.25) is 0 Å². The summed E-state index contributed by atoms with van der Waals surface area (Å²) in [6, 6.07) is 6.91. The lowest BCUT2D eigenvalue weighted by Crippen LogP contribution is -2.31. The first kappa shape index (κ1) is 12.3. The van der Waals surface area contributed by atoms with Gasteiger partial charge in [-0.25, -0.2) is 0 Å². The number of imide groups is 1. The Morgan fingerprint density at radius 2 is 1.78 bits per heavy atom. The first-order chi connectivity index (χ1) is 8.69. The SMILES string of the molecule is C=C=C(CCC)CN1C(=O)c2ccccc2C1=O. The maximum atomic E-state index is 12.1. The fourth-order valence-corrected chi connectivity index (χ4v) is 2.10. The summed E-state index contributed by atoms with van der Waals surface area (Å²) in [5.41, 5.74) is 4.69. The van der Waals surface area contributed by atoms with E-state index in [4.69, 9.17) is 0 Å². The molecule has 0 spiro atoms. The molecular formula is C15H15NO2. The van der Waals surface area contributed by atoms with Gasteiger partial charge in [-0.15, -0.1) is 5.73 Å². The zero-order valence-corrected chi connectivity index (χ0v) is 10.4. The van der Waals surface area contributed by atoms with Crippen molar-refractivity contribution in [2.45, 2.75) is 19.8 Å². The molecule has 18 heavy (non-hydrogen) atoms. The van der Waals surface area contributed by atoms with E-state index in [1.807, 2.05) is 6.92 Å². The van der Waals surface area contributed by atoms with Gasteiger partial charge in [0.05, 0.1) is 17.7 Å². The molecule has 2 amide bonds. The summed E-state index contributed by atoms with van der Waals surface area (Å²) in [7, 11) is 0. The minimum absolute atomic E-state index is 0.223. The Morgan fingerprint density at radius 3 is 2.22 bits per heavy atom. The fraction of sp³-hybridized carbons (Fsp3) is 0.267. The third kappa shape index (κ3) is 2.01. The number of amides is 2. The van der Waals surface area contributed by atoms with Gasteiger partial charge in [0.1, 0.15) is 0 Å².